The zero-order chi connectivity index (χ0) is 21.1. The van der Waals surface area contributed by atoms with Crippen LogP contribution in [-0.2, 0) is 4.79 Å². The van der Waals surface area contributed by atoms with Crippen molar-refractivity contribution in [2.75, 3.05) is 18.1 Å². The van der Waals surface area contributed by atoms with Gasteiger partial charge in [0.05, 0.1) is 15.5 Å². The molecule has 0 aromatic heterocycles. The summed E-state index contributed by atoms with van der Waals surface area (Å²) in [6, 6.07) is 9.53. The second kappa shape index (κ2) is 8.27. The van der Waals surface area contributed by atoms with E-state index in [0.29, 0.717) is 25.1 Å². The van der Waals surface area contributed by atoms with Crippen LogP contribution in [0.2, 0.25) is 5.02 Å². The number of halogens is 1. The van der Waals surface area contributed by atoms with E-state index in [1.807, 2.05) is 0 Å². The maximum Gasteiger partial charge on any atom is 0.270 e. The van der Waals surface area contributed by atoms with Crippen LogP contribution in [0.15, 0.2) is 42.5 Å². The SMILES string of the molecule is NC(=O)c1ccc(N(CN2CCCC2=O)C(=O)c2cc([N+](=O)[O-])ccc2Cl)cc1. The number of amides is 3. The molecule has 0 radical (unpaired) electrons. The summed E-state index contributed by atoms with van der Waals surface area (Å²) in [5, 5.41) is 11.1. The van der Waals surface area contributed by atoms with Crippen LogP contribution in [0.25, 0.3) is 0 Å². The first kappa shape index (κ1) is 20.3. The average Bonchev–Trinajstić information content (AvgIpc) is 3.10. The van der Waals surface area contributed by atoms with Crippen LogP contribution in [0.5, 0.6) is 0 Å². The third-order valence-corrected chi connectivity index (χ3v) is 4.91. The summed E-state index contributed by atoms with van der Waals surface area (Å²) in [4.78, 5) is 49.9. The first-order valence-corrected chi connectivity index (χ1v) is 9.09. The largest absolute Gasteiger partial charge is 0.366 e. The predicted molar refractivity (Wildman–Crippen MR) is 106 cm³/mol. The standard InChI is InChI=1S/C19H17ClN4O5/c20-16-8-7-14(24(28)29)10-15(16)19(27)23(11-22-9-1-2-17(22)25)13-5-3-12(4-6-13)18(21)26/h3-8,10H,1-2,9,11H2,(H2,21,26). The Morgan fingerprint density at radius 2 is 1.90 bits per heavy atom. The van der Waals surface area contributed by atoms with Crippen molar-refractivity contribution in [3.05, 3.63) is 68.7 Å². The molecule has 0 aliphatic carbocycles. The van der Waals surface area contributed by atoms with E-state index in [4.69, 9.17) is 17.3 Å². The normalized spacial score (nSPS) is 13.4. The van der Waals surface area contributed by atoms with Gasteiger partial charge in [0.15, 0.2) is 0 Å². The number of carbonyl (C=O) groups is 3. The molecule has 0 bridgehead atoms. The van der Waals surface area contributed by atoms with Gasteiger partial charge in [-0.25, -0.2) is 0 Å². The lowest BCUT2D eigenvalue weighted by molar-refractivity contribution is -0.384. The molecule has 1 aliphatic heterocycles. The molecule has 3 rings (SSSR count). The molecule has 3 amide bonds. The molecule has 29 heavy (non-hydrogen) atoms. The molecule has 2 N–H and O–H groups in total. The minimum absolute atomic E-state index is 0.0482. The number of nitrogens with two attached hydrogens (primary N) is 1. The number of nitro groups is 1. The maximum absolute atomic E-state index is 13.2. The Kier molecular flexibility index (Phi) is 5.79. The van der Waals surface area contributed by atoms with E-state index in [0.717, 1.165) is 6.07 Å². The average molecular weight is 417 g/mol. The number of rotatable bonds is 6. The number of primary amides is 1. The molecule has 0 unspecified atom stereocenters. The van der Waals surface area contributed by atoms with Crippen LogP contribution >= 0.6 is 11.6 Å². The van der Waals surface area contributed by atoms with Crippen LogP contribution in [-0.4, -0.2) is 40.8 Å². The number of nitro benzene ring substituents is 1. The lowest BCUT2D eigenvalue weighted by Crippen LogP contribution is -2.42. The first-order chi connectivity index (χ1) is 13.8. The summed E-state index contributed by atoms with van der Waals surface area (Å²) in [7, 11) is 0. The number of carbonyl (C=O) groups excluding carboxylic acids is 3. The molecule has 2 aromatic carbocycles. The third kappa shape index (κ3) is 4.35. The van der Waals surface area contributed by atoms with Crippen molar-refractivity contribution in [2.45, 2.75) is 12.8 Å². The number of nitrogens with zero attached hydrogens (tertiary/aromatic N) is 3. The van der Waals surface area contributed by atoms with Crippen molar-refractivity contribution < 1.29 is 19.3 Å². The molecule has 9 nitrogen and oxygen atoms in total. The Morgan fingerprint density at radius 3 is 2.45 bits per heavy atom. The Hall–Kier alpha value is -3.46. The fraction of sp³-hybridized carbons (Fsp3) is 0.211. The van der Waals surface area contributed by atoms with Gasteiger partial charge in [0, 0.05) is 36.3 Å². The van der Waals surface area contributed by atoms with E-state index in [1.54, 1.807) is 0 Å². The van der Waals surface area contributed by atoms with Gasteiger partial charge in [-0.3, -0.25) is 29.4 Å². The topological polar surface area (TPSA) is 127 Å². The molecule has 2 aromatic rings. The molecule has 0 atom stereocenters. The molecule has 0 spiro atoms. The van der Waals surface area contributed by atoms with Gasteiger partial charge in [-0.15, -0.1) is 0 Å². The lowest BCUT2D eigenvalue weighted by atomic mass is 10.1. The summed E-state index contributed by atoms with van der Waals surface area (Å²) in [6.45, 7) is 0.442. The van der Waals surface area contributed by atoms with Crippen molar-refractivity contribution in [1.82, 2.24) is 4.90 Å². The van der Waals surface area contributed by atoms with Crippen LogP contribution in [0, 0.1) is 10.1 Å². The van der Waals surface area contributed by atoms with Gasteiger partial charge in [-0.05, 0) is 36.8 Å². The molecule has 1 heterocycles. The lowest BCUT2D eigenvalue weighted by Gasteiger charge is -2.28. The van der Waals surface area contributed by atoms with E-state index in [1.165, 1.54) is 46.2 Å². The Morgan fingerprint density at radius 1 is 1.21 bits per heavy atom. The highest BCUT2D eigenvalue weighted by atomic mass is 35.5. The fourth-order valence-corrected chi connectivity index (χ4v) is 3.23. The highest BCUT2D eigenvalue weighted by molar-refractivity contribution is 6.34. The van der Waals surface area contributed by atoms with Gasteiger partial charge < -0.3 is 10.6 Å². The molecule has 1 saturated heterocycles. The summed E-state index contributed by atoms with van der Waals surface area (Å²) < 4.78 is 0. The van der Waals surface area contributed by atoms with Crippen LogP contribution in [0.1, 0.15) is 33.6 Å². The highest BCUT2D eigenvalue weighted by Gasteiger charge is 2.28. The van der Waals surface area contributed by atoms with E-state index in [2.05, 4.69) is 0 Å². The Labute approximate surface area is 170 Å². The van der Waals surface area contributed by atoms with Crippen LogP contribution in [0.4, 0.5) is 11.4 Å². The molecule has 0 saturated carbocycles. The second-order valence-electron chi connectivity index (χ2n) is 6.47. The minimum Gasteiger partial charge on any atom is -0.366 e. The zero-order valence-corrected chi connectivity index (χ0v) is 16.0. The second-order valence-corrected chi connectivity index (χ2v) is 6.87. The smallest absolute Gasteiger partial charge is 0.270 e. The summed E-state index contributed by atoms with van der Waals surface area (Å²) in [5.74, 6) is -1.32. The molecular formula is C19H17ClN4O5. The summed E-state index contributed by atoms with van der Waals surface area (Å²) >= 11 is 6.13. The maximum atomic E-state index is 13.2. The number of hydrogen-bond acceptors (Lipinski definition) is 5. The Bertz CT molecular complexity index is 993. The van der Waals surface area contributed by atoms with Crippen LogP contribution in [0.3, 0.4) is 0 Å². The van der Waals surface area contributed by atoms with E-state index in [9.17, 15) is 24.5 Å². The van der Waals surface area contributed by atoms with Crippen molar-refractivity contribution in [1.29, 1.82) is 0 Å². The predicted octanol–water partition coefficient (Wildman–Crippen LogP) is 2.57. The van der Waals surface area contributed by atoms with Crippen molar-refractivity contribution in [3.63, 3.8) is 0 Å². The van der Waals surface area contributed by atoms with Crippen molar-refractivity contribution in [3.8, 4) is 0 Å². The van der Waals surface area contributed by atoms with Gasteiger partial charge in [-0.1, -0.05) is 11.6 Å². The number of benzene rings is 2. The number of hydrogen-bond donors (Lipinski definition) is 1. The summed E-state index contributed by atoms with van der Waals surface area (Å²) in [6.07, 6.45) is 1.07. The molecule has 150 valence electrons. The first-order valence-electron chi connectivity index (χ1n) is 8.71. The van der Waals surface area contributed by atoms with Crippen molar-refractivity contribution >= 4 is 40.7 Å². The van der Waals surface area contributed by atoms with E-state index in [-0.39, 0.29) is 34.4 Å². The minimum atomic E-state index is -0.622. The third-order valence-electron chi connectivity index (χ3n) is 4.58. The van der Waals surface area contributed by atoms with Gasteiger partial charge in [0.1, 0.15) is 6.67 Å². The van der Waals surface area contributed by atoms with Crippen LogP contribution < -0.4 is 10.6 Å². The Balaban J connectivity index is 2.01. The van der Waals surface area contributed by atoms with Gasteiger partial charge in [-0.2, -0.15) is 0 Å². The van der Waals surface area contributed by atoms with Crippen molar-refractivity contribution in [2.24, 2.45) is 5.73 Å². The summed E-state index contributed by atoms with van der Waals surface area (Å²) in [5.41, 5.74) is 5.56. The molecule has 10 heteroatoms. The fourth-order valence-electron chi connectivity index (χ4n) is 3.03. The monoisotopic (exact) mass is 416 g/mol. The van der Waals surface area contributed by atoms with E-state index < -0.39 is 16.7 Å². The molecule has 1 fully saturated rings. The number of likely N-dealkylation sites (tertiary alicyclic amines) is 1. The van der Waals surface area contributed by atoms with Gasteiger partial charge in [0.25, 0.3) is 11.6 Å². The number of anilines is 1. The quantitative estimate of drug-likeness (QED) is 0.571. The zero-order valence-electron chi connectivity index (χ0n) is 15.2. The number of non-ortho nitro benzene ring substituents is 1. The van der Waals surface area contributed by atoms with Gasteiger partial charge >= 0.3 is 0 Å². The molecule has 1 aliphatic rings. The highest BCUT2D eigenvalue weighted by Crippen LogP contribution is 2.27. The van der Waals surface area contributed by atoms with Gasteiger partial charge in [0.2, 0.25) is 11.8 Å². The molecular weight excluding hydrogens is 400 g/mol. The van der Waals surface area contributed by atoms with E-state index >= 15 is 0 Å².